The zero-order valence-corrected chi connectivity index (χ0v) is 10.4. The van der Waals surface area contributed by atoms with Crippen LogP contribution < -0.4 is 4.74 Å². The lowest BCUT2D eigenvalue weighted by atomic mass is 10.3. The maximum atomic E-state index is 11.4. The van der Waals surface area contributed by atoms with Crippen molar-refractivity contribution in [3.63, 3.8) is 0 Å². The molecular weight excluding hydrogens is 256 g/mol. The number of carbonyl (C=O) groups is 1. The normalized spacial score (nSPS) is 10.1. The summed E-state index contributed by atoms with van der Waals surface area (Å²) in [7, 11) is 1.31. The van der Waals surface area contributed by atoms with Crippen molar-refractivity contribution in [2.45, 2.75) is 6.61 Å². The Hall–Kier alpha value is -2.01. The molecule has 2 heterocycles. The van der Waals surface area contributed by atoms with E-state index >= 15 is 0 Å². The molecule has 0 saturated heterocycles. The largest absolute Gasteiger partial charge is 0.486 e. The minimum absolute atomic E-state index is 0.231. The average molecular weight is 267 g/mol. The molecule has 0 aliphatic heterocycles. The summed E-state index contributed by atoms with van der Waals surface area (Å²) in [6, 6.07) is 5.22. The monoisotopic (exact) mass is 266 g/mol. The van der Waals surface area contributed by atoms with Gasteiger partial charge in [0.05, 0.1) is 7.11 Å². The smallest absolute Gasteiger partial charge is 0.358 e. The van der Waals surface area contributed by atoms with Gasteiger partial charge in [0.2, 0.25) is 0 Å². The maximum Gasteiger partial charge on any atom is 0.358 e. The van der Waals surface area contributed by atoms with Crippen molar-refractivity contribution in [1.82, 2.24) is 9.97 Å². The van der Waals surface area contributed by atoms with Gasteiger partial charge in [-0.2, -0.15) is 0 Å². The average Bonchev–Trinajstić information content (AvgIpc) is 2.85. The Morgan fingerprint density at radius 3 is 3.06 bits per heavy atom. The van der Waals surface area contributed by atoms with E-state index in [-0.39, 0.29) is 12.3 Å². The predicted octanol–water partition coefficient (Wildman–Crippen LogP) is 2.43. The summed E-state index contributed by atoms with van der Waals surface area (Å²) in [6.07, 6.45) is 3.20. The number of nitrogens with zero attached hydrogens (tertiary/aromatic N) is 1. The van der Waals surface area contributed by atoms with E-state index in [0.29, 0.717) is 10.9 Å². The van der Waals surface area contributed by atoms with Gasteiger partial charge >= 0.3 is 5.97 Å². The van der Waals surface area contributed by atoms with E-state index in [1.54, 1.807) is 30.6 Å². The third-order valence-electron chi connectivity index (χ3n) is 2.32. The summed E-state index contributed by atoms with van der Waals surface area (Å²) >= 11 is 5.90. The number of esters is 1. The topological polar surface area (TPSA) is 64.2 Å². The SMILES string of the molecule is COC(=O)c1[nH]ccc1OCc1cccnc1Cl. The number of nitrogens with one attached hydrogen (secondary N) is 1. The van der Waals surface area contributed by atoms with Gasteiger partial charge in [0.15, 0.2) is 11.4 Å². The quantitative estimate of drug-likeness (QED) is 0.682. The summed E-state index contributed by atoms with van der Waals surface area (Å²) in [5.41, 5.74) is 1.02. The Bertz CT molecular complexity index is 554. The molecule has 1 N–H and O–H groups in total. The number of hydrogen-bond acceptors (Lipinski definition) is 4. The Morgan fingerprint density at radius 2 is 2.33 bits per heavy atom. The van der Waals surface area contributed by atoms with Crippen molar-refractivity contribution in [1.29, 1.82) is 0 Å². The van der Waals surface area contributed by atoms with Crippen LogP contribution in [0.25, 0.3) is 0 Å². The molecule has 18 heavy (non-hydrogen) atoms. The number of halogens is 1. The molecule has 0 unspecified atom stereocenters. The van der Waals surface area contributed by atoms with Crippen molar-refractivity contribution in [2.75, 3.05) is 7.11 Å². The van der Waals surface area contributed by atoms with Gasteiger partial charge < -0.3 is 14.5 Å². The minimum atomic E-state index is -0.479. The Balaban J connectivity index is 2.09. The molecule has 6 heteroatoms. The molecule has 5 nitrogen and oxygen atoms in total. The van der Waals surface area contributed by atoms with Gasteiger partial charge in [-0.1, -0.05) is 17.7 Å². The zero-order chi connectivity index (χ0) is 13.0. The lowest BCUT2D eigenvalue weighted by molar-refractivity contribution is 0.0589. The van der Waals surface area contributed by atoms with E-state index in [1.807, 2.05) is 0 Å². The van der Waals surface area contributed by atoms with E-state index in [0.717, 1.165) is 5.56 Å². The van der Waals surface area contributed by atoms with Crippen LogP contribution in [0.15, 0.2) is 30.6 Å². The molecule has 94 valence electrons. The van der Waals surface area contributed by atoms with E-state index in [1.165, 1.54) is 7.11 Å². The highest BCUT2D eigenvalue weighted by atomic mass is 35.5. The molecule has 0 fully saturated rings. The van der Waals surface area contributed by atoms with Crippen LogP contribution in [0.2, 0.25) is 5.15 Å². The summed E-state index contributed by atoms with van der Waals surface area (Å²) in [5.74, 6) is -0.0611. The van der Waals surface area contributed by atoms with Crippen molar-refractivity contribution in [3.8, 4) is 5.75 Å². The molecule has 0 aromatic carbocycles. The summed E-state index contributed by atoms with van der Waals surface area (Å²) < 4.78 is 10.1. The predicted molar refractivity (Wildman–Crippen MR) is 65.7 cm³/mol. The number of hydrogen-bond donors (Lipinski definition) is 1. The molecule has 0 aliphatic rings. The first-order valence-corrected chi connectivity index (χ1v) is 5.58. The van der Waals surface area contributed by atoms with Crippen LogP contribution in [-0.2, 0) is 11.3 Å². The third kappa shape index (κ3) is 2.62. The van der Waals surface area contributed by atoms with Crippen molar-refractivity contribution < 1.29 is 14.3 Å². The van der Waals surface area contributed by atoms with Crippen molar-refractivity contribution in [2.24, 2.45) is 0 Å². The number of ether oxygens (including phenoxy) is 2. The Morgan fingerprint density at radius 1 is 1.50 bits per heavy atom. The number of pyridine rings is 1. The zero-order valence-electron chi connectivity index (χ0n) is 9.64. The lowest BCUT2D eigenvalue weighted by Crippen LogP contribution is -2.05. The molecule has 2 rings (SSSR count). The first kappa shape index (κ1) is 12.4. The second kappa shape index (κ2) is 5.55. The molecule has 0 radical (unpaired) electrons. The van der Waals surface area contributed by atoms with E-state index < -0.39 is 5.97 Å². The van der Waals surface area contributed by atoms with Crippen LogP contribution in [0.4, 0.5) is 0 Å². The maximum absolute atomic E-state index is 11.4. The summed E-state index contributed by atoms with van der Waals surface area (Å²) in [5, 5.41) is 0.382. The fourth-order valence-electron chi connectivity index (χ4n) is 1.42. The molecular formula is C12H11ClN2O3. The number of methoxy groups -OCH3 is 1. The number of aromatic nitrogens is 2. The fraction of sp³-hybridized carbons (Fsp3) is 0.167. The Labute approximate surface area is 109 Å². The van der Waals surface area contributed by atoms with Gasteiger partial charge in [-0.25, -0.2) is 9.78 Å². The van der Waals surface area contributed by atoms with Crippen LogP contribution in [0.3, 0.4) is 0 Å². The highest BCUT2D eigenvalue weighted by Crippen LogP contribution is 2.20. The second-order valence-corrected chi connectivity index (χ2v) is 3.81. The number of rotatable bonds is 4. The molecule has 0 atom stereocenters. The highest BCUT2D eigenvalue weighted by molar-refractivity contribution is 6.30. The first-order chi connectivity index (χ1) is 8.72. The summed E-state index contributed by atoms with van der Waals surface area (Å²) in [4.78, 5) is 18.1. The first-order valence-electron chi connectivity index (χ1n) is 5.20. The second-order valence-electron chi connectivity index (χ2n) is 3.45. The van der Waals surface area contributed by atoms with Gasteiger partial charge in [0, 0.05) is 18.0 Å². The van der Waals surface area contributed by atoms with E-state index in [2.05, 4.69) is 14.7 Å². The summed E-state index contributed by atoms with van der Waals surface area (Å²) in [6.45, 7) is 0.231. The molecule has 0 bridgehead atoms. The van der Waals surface area contributed by atoms with Crippen molar-refractivity contribution >= 4 is 17.6 Å². The van der Waals surface area contributed by atoms with Crippen molar-refractivity contribution in [3.05, 3.63) is 47.0 Å². The van der Waals surface area contributed by atoms with E-state index in [4.69, 9.17) is 16.3 Å². The van der Waals surface area contributed by atoms with Crippen LogP contribution in [-0.4, -0.2) is 23.0 Å². The van der Waals surface area contributed by atoms with Crippen LogP contribution in [0.1, 0.15) is 16.1 Å². The van der Waals surface area contributed by atoms with E-state index in [9.17, 15) is 4.79 Å². The minimum Gasteiger partial charge on any atom is -0.486 e. The molecule has 0 spiro atoms. The van der Waals surface area contributed by atoms with Crippen LogP contribution in [0, 0.1) is 0 Å². The molecule has 0 saturated carbocycles. The van der Waals surface area contributed by atoms with Gasteiger partial charge in [-0.3, -0.25) is 0 Å². The van der Waals surface area contributed by atoms with Gasteiger partial charge in [0.25, 0.3) is 0 Å². The Kier molecular flexibility index (Phi) is 3.84. The fourth-order valence-corrected chi connectivity index (χ4v) is 1.59. The van der Waals surface area contributed by atoms with Crippen LogP contribution in [0.5, 0.6) is 5.75 Å². The standard InChI is InChI=1S/C12H11ClN2O3/c1-17-12(16)10-9(4-6-14-10)18-7-8-3-2-5-15-11(8)13/h2-6,14H,7H2,1H3. The molecule has 0 amide bonds. The lowest BCUT2D eigenvalue weighted by Gasteiger charge is -2.07. The molecule has 2 aromatic rings. The number of H-pyrrole nitrogens is 1. The van der Waals surface area contributed by atoms with Gasteiger partial charge in [-0.15, -0.1) is 0 Å². The van der Waals surface area contributed by atoms with Gasteiger partial charge in [0.1, 0.15) is 11.8 Å². The number of aromatic amines is 1. The third-order valence-corrected chi connectivity index (χ3v) is 2.66. The van der Waals surface area contributed by atoms with Gasteiger partial charge in [-0.05, 0) is 12.1 Å². The molecule has 0 aliphatic carbocycles. The molecule has 2 aromatic heterocycles. The van der Waals surface area contributed by atoms with Crippen LogP contribution >= 0.6 is 11.6 Å². The number of carbonyl (C=O) groups excluding carboxylic acids is 1. The highest BCUT2D eigenvalue weighted by Gasteiger charge is 2.14.